The van der Waals surface area contributed by atoms with Crippen molar-refractivity contribution in [3.8, 4) is 0 Å². The highest BCUT2D eigenvalue weighted by Crippen LogP contribution is 2.37. The summed E-state index contributed by atoms with van der Waals surface area (Å²) in [6.45, 7) is 0.723. The number of ether oxygens (including phenoxy) is 1. The maximum Gasteiger partial charge on any atom is 0.315 e. The lowest BCUT2D eigenvalue weighted by atomic mass is 9.77. The van der Waals surface area contributed by atoms with Crippen LogP contribution in [0.4, 0.5) is 4.79 Å². The predicted octanol–water partition coefficient (Wildman–Crippen LogP) is 2.22. The Balaban J connectivity index is 1.81. The van der Waals surface area contributed by atoms with Gasteiger partial charge in [-0.05, 0) is 30.7 Å². The van der Waals surface area contributed by atoms with Crippen LogP contribution >= 0.6 is 0 Å². The molecular weight excluding hydrogens is 280 g/mol. The number of hydrogen-bond donors (Lipinski definition) is 3. The standard InChI is InChI=1S/C17H26N2O3/c1-22-12-15(20)10-11-18-17(21)19-16(14-8-5-9-14)13-6-3-2-4-7-13/h2-4,6-7,14-16,20H,5,8-12H2,1H3,(H2,18,19,21). The summed E-state index contributed by atoms with van der Waals surface area (Å²) >= 11 is 0. The van der Waals surface area contributed by atoms with Crippen molar-refractivity contribution in [2.75, 3.05) is 20.3 Å². The minimum absolute atomic E-state index is 0.0684. The van der Waals surface area contributed by atoms with Crippen molar-refractivity contribution in [3.63, 3.8) is 0 Å². The summed E-state index contributed by atoms with van der Waals surface area (Å²) in [5.74, 6) is 0.521. The van der Waals surface area contributed by atoms with E-state index in [0.29, 0.717) is 18.9 Å². The fourth-order valence-electron chi connectivity index (χ4n) is 2.73. The molecule has 0 aromatic heterocycles. The van der Waals surface area contributed by atoms with Gasteiger partial charge in [0.25, 0.3) is 0 Å². The van der Waals surface area contributed by atoms with Gasteiger partial charge in [-0.25, -0.2) is 4.79 Å². The molecule has 1 aliphatic rings. The zero-order valence-electron chi connectivity index (χ0n) is 13.1. The number of hydrogen-bond acceptors (Lipinski definition) is 3. The number of rotatable bonds is 8. The van der Waals surface area contributed by atoms with Crippen molar-refractivity contribution in [1.82, 2.24) is 10.6 Å². The minimum atomic E-state index is -0.540. The van der Waals surface area contributed by atoms with Gasteiger partial charge < -0.3 is 20.5 Å². The lowest BCUT2D eigenvalue weighted by molar-refractivity contribution is 0.0598. The smallest absolute Gasteiger partial charge is 0.315 e. The summed E-state index contributed by atoms with van der Waals surface area (Å²) in [5.41, 5.74) is 1.15. The average Bonchev–Trinajstić information content (AvgIpc) is 2.46. The molecule has 0 radical (unpaired) electrons. The Bertz CT molecular complexity index is 448. The van der Waals surface area contributed by atoms with E-state index in [-0.39, 0.29) is 18.7 Å². The second-order valence-corrected chi connectivity index (χ2v) is 5.88. The maximum absolute atomic E-state index is 12.1. The maximum atomic E-state index is 12.1. The number of aliphatic hydroxyl groups excluding tert-OH is 1. The molecule has 0 aliphatic heterocycles. The highest BCUT2D eigenvalue weighted by molar-refractivity contribution is 5.74. The van der Waals surface area contributed by atoms with Crippen LogP contribution in [-0.4, -0.2) is 37.5 Å². The zero-order valence-corrected chi connectivity index (χ0v) is 13.1. The first-order valence-electron chi connectivity index (χ1n) is 7.97. The molecule has 0 bridgehead atoms. The molecule has 5 nitrogen and oxygen atoms in total. The molecule has 122 valence electrons. The predicted molar refractivity (Wildman–Crippen MR) is 85.6 cm³/mol. The third kappa shape index (κ3) is 5.00. The van der Waals surface area contributed by atoms with Gasteiger partial charge in [0.15, 0.2) is 0 Å². The third-order valence-corrected chi connectivity index (χ3v) is 4.19. The van der Waals surface area contributed by atoms with Crippen LogP contribution in [0, 0.1) is 5.92 Å². The Morgan fingerprint density at radius 3 is 2.68 bits per heavy atom. The van der Waals surface area contributed by atoms with E-state index in [1.54, 1.807) is 7.11 Å². The number of nitrogens with one attached hydrogen (secondary N) is 2. The number of urea groups is 1. The minimum Gasteiger partial charge on any atom is -0.391 e. The topological polar surface area (TPSA) is 70.6 Å². The molecule has 1 aliphatic carbocycles. The van der Waals surface area contributed by atoms with Gasteiger partial charge in [-0.15, -0.1) is 0 Å². The Morgan fingerprint density at radius 1 is 1.36 bits per heavy atom. The van der Waals surface area contributed by atoms with Crippen LogP contribution in [0.1, 0.15) is 37.3 Å². The zero-order chi connectivity index (χ0) is 15.8. The Hall–Kier alpha value is -1.59. The molecule has 0 heterocycles. The third-order valence-electron chi connectivity index (χ3n) is 4.19. The van der Waals surface area contributed by atoms with Gasteiger partial charge in [-0.2, -0.15) is 0 Å². The fraction of sp³-hybridized carbons (Fsp3) is 0.588. The molecule has 1 fully saturated rings. The molecule has 2 rings (SSSR count). The quantitative estimate of drug-likeness (QED) is 0.690. The van der Waals surface area contributed by atoms with Crippen molar-refractivity contribution >= 4 is 6.03 Å². The van der Waals surface area contributed by atoms with Crippen molar-refractivity contribution in [1.29, 1.82) is 0 Å². The lowest BCUT2D eigenvalue weighted by Crippen LogP contribution is -2.43. The summed E-state index contributed by atoms with van der Waals surface area (Å²) < 4.78 is 4.86. The second-order valence-electron chi connectivity index (χ2n) is 5.88. The second kappa shape index (κ2) is 8.76. The number of benzene rings is 1. The van der Waals surface area contributed by atoms with Crippen LogP contribution in [0.2, 0.25) is 0 Å². The van der Waals surface area contributed by atoms with E-state index in [2.05, 4.69) is 22.8 Å². The fourth-order valence-corrected chi connectivity index (χ4v) is 2.73. The van der Waals surface area contributed by atoms with Crippen LogP contribution in [0.3, 0.4) is 0 Å². The molecule has 22 heavy (non-hydrogen) atoms. The molecule has 2 amide bonds. The number of carbonyl (C=O) groups excluding carboxylic acids is 1. The Morgan fingerprint density at radius 2 is 2.09 bits per heavy atom. The van der Waals surface area contributed by atoms with Gasteiger partial charge in [0.05, 0.1) is 18.8 Å². The summed E-state index contributed by atoms with van der Waals surface area (Å²) in [6, 6.07) is 10.0. The number of amides is 2. The van der Waals surface area contributed by atoms with E-state index in [0.717, 1.165) is 18.4 Å². The van der Waals surface area contributed by atoms with Crippen molar-refractivity contribution in [3.05, 3.63) is 35.9 Å². The van der Waals surface area contributed by atoms with E-state index >= 15 is 0 Å². The van der Waals surface area contributed by atoms with Crippen LogP contribution in [0.15, 0.2) is 30.3 Å². The van der Waals surface area contributed by atoms with Gasteiger partial charge in [-0.1, -0.05) is 36.8 Å². The SMILES string of the molecule is COCC(O)CCNC(=O)NC(c1ccccc1)C1CCC1. The van der Waals surface area contributed by atoms with Crippen molar-refractivity contribution in [2.45, 2.75) is 37.8 Å². The van der Waals surface area contributed by atoms with Gasteiger partial charge >= 0.3 is 6.03 Å². The molecule has 1 aromatic carbocycles. The van der Waals surface area contributed by atoms with E-state index in [4.69, 9.17) is 4.74 Å². The monoisotopic (exact) mass is 306 g/mol. The first-order valence-corrected chi connectivity index (χ1v) is 7.97. The van der Waals surface area contributed by atoms with Crippen LogP contribution in [0.5, 0.6) is 0 Å². The van der Waals surface area contributed by atoms with E-state index in [1.165, 1.54) is 6.42 Å². The summed E-state index contributed by atoms with van der Waals surface area (Å²) in [6.07, 6.45) is 3.50. The largest absolute Gasteiger partial charge is 0.391 e. The lowest BCUT2D eigenvalue weighted by Gasteiger charge is -2.34. The molecule has 1 saturated carbocycles. The van der Waals surface area contributed by atoms with Crippen LogP contribution < -0.4 is 10.6 Å². The Kier molecular flexibility index (Phi) is 6.68. The normalized spacial score (nSPS) is 17.4. The number of methoxy groups -OCH3 is 1. The van der Waals surface area contributed by atoms with E-state index in [1.807, 2.05) is 18.2 Å². The van der Waals surface area contributed by atoms with Gasteiger partial charge in [-0.3, -0.25) is 0 Å². The van der Waals surface area contributed by atoms with Gasteiger partial charge in [0, 0.05) is 13.7 Å². The first kappa shape index (κ1) is 16.8. The molecular formula is C17H26N2O3. The highest BCUT2D eigenvalue weighted by atomic mass is 16.5. The molecule has 1 aromatic rings. The Labute approximate surface area is 132 Å². The number of carbonyl (C=O) groups is 1. The van der Waals surface area contributed by atoms with Crippen molar-refractivity contribution in [2.24, 2.45) is 5.92 Å². The summed E-state index contributed by atoms with van der Waals surface area (Å²) in [5, 5.41) is 15.4. The van der Waals surface area contributed by atoms with E-state index in [9.17, 15) is 9.90 Å². The molecule has 0 saturated heterocycles. The van der Waals surface area contributed by atoms with E-state index < -0.39 is 6.10 Å². The molecule has 5 heteroatoms. The van der Waals surface area contributed by atoms with Gasteiger partial charge in [0.1, 0.15) is 0 Å². The summed E-state index contributed by atoms with van der Waals surface area (Å²) in [4.78, 5) is 12.1. The van der Waals surface area contributed by atoms with Gasteiger partial charge in [0.2, 0.25) is 0 Å². The molecule has 3 N–H and O–H groups in total. The van der Waals surface area contributed by atoms with Crippen LogP contribution in [-0.2, 0) is 4.74 Å². The highest BCUT2D eigenvalue weighted by Gasteiger charge is 2.29. The molecule has 0 spiro atoms. The average molecular weight is 306 g/mol. The number of aliphatic hydroxyl groups is 1. The van der Waals surface area contributed by atoms with Crippen LogP contribution in [0.25, 0.3) is 0 Å². The first-order chi connectivity index (χ1) is 10.7. The van der Waals surface area contributed by atoms with Crippen molar-refractivity contribution < 1.29 is 14.6 Å². The summed E-state index contributed by atoms with van der Waals surface area (Å²) in [7, 11) is 1.55. The molecule has 2 unspecified atom stereocenters. The molecule has 2 atom stereocenters.